The summed E-state index contributed by atoms with van der Waals surface area (Å²) in [5, 5.41) is 0. The van der Waals surface area contributed by atoms with Gasteiger partial charge in [0, 0.05) is 30.0 Å². The van der Waals surface area contributed by atoms with Crippen molar-refractivity contribution in [3.63, 3.8) is 0 Å². The lowest BCUT2D eigenvalue weighted by atomic mass is 9.81. The highest BCUT2D eigenvalue weighted by Crippen LogP contribution is 2.38. The Balaban J connectivity index is 2.29. The molecule has 1 N–H and O–H groups in total. The summed E-state index contributed by atoms with van der Waals surface area (Å²) in [6.45, 7) is 14.2. The second-order valence-corrected chi connectivity index (χ2v) is 7.55. The molecule has 0 saturated carbocycles. The van der Waals surface area contributed by atoms with Crippen molar-refractivity contribution in [1.82, 2.24) is 10.4 Å². The molecule has 2 fully saturated rings. The number of hydroxylamine groups is 1. The van der Waals surface area contributed by atoms with Crippen LogP contribution in [0, 0.1) is 11.3 Å². The maximum absolute atomic E-state index is 12.7. The summed E-state index contributed by atoms with van der Waals surface area (Å²) in [7, 11) is 0. The minimum atomic E-state index is -0.300. The van der Waals surface area contributed by atoms with Crippen LogP contribution in [0.25, 0.3) is 0 Å². The lowest BCUT2D eigenvalue weighted by Gasteiger charge is -2.39. The fourth-order valence-electron chi connectivity index (χ4n) is 2.97. The SMILES string of the molecule is CC(C)(C)C(=O)C1C2CNOC2CN1C(C)(C)C. The van der Waals surface area contributed by atoms with E-state index in [1.165, 1.54) is 0 Å². The van der Waals surface area contributed by atoms with Crippen LogP contribution in [0.2, 0.25) is 0 Å². The van der Waals surface area contributed by atoms with Gasteiger partial charge in [-0.2, -0.15) is 0 Å². The number of carbonyl (C=O) groups excluding carboxylic acids is 1. The molecule has 2 heterocycles. The van der Waals surface area contributed by atoms with Crippen molar-refractivity contribution in [1.29, 1.82) is 0 Å². The van der Waals surface area contributed by atoms with Gasteiger partial charge in [0.15, 0.2) is 5.78 Å². The number of ketones is 1. The lowest BCUT2D eigenvalue weighted by molar-refractivity contribution is -0.133. The van der Waals surface area contributed by atoms with Gasteiger partial charge in [-0.15, -0.1) is 0 Å². The summed E-state index contributed by atoms with van der Waals surface area (Å²) >= 11 is 0. The zero-order chi connectivity index (χ0) is 13.7. The molecule has 0 aromatic rings. The predicted octanol–water partition coefficient (Wildman–Crippen LogP) is 1.60. The minimum absolute atomic E-state index is 0.000718. The van der Waals surface area contributed by atoms with E-state index in [2.05, 4.69) is 31.2 Å². The number of nitrogens with one attached hydrogen (secondary N) is 1. The Hall–Kier alpha value is -0.450. The van der Waals surface area contributed by atoms with Crippen LogP contribution in [0.15, 0.2) is 0 Å². The van der Waals surface area contributed by atoms with Gasteiger partial charge in [0.25, 0.3) is 0 Å². The molecule has 0 spiro atoms. The summed E-state index contributed by atoms with van der Waals surface area (Å²) in [5.74, 6) is 0.619. The Bertz CT molecular complexity index is 341. The van der Waals surface area contributed by atoms with Crippen LogP contribution in [0.5, 0.6) is 0 Å². The van der Waals surface area contributed by atoms with Gasteiger partial charge in [0.1, 0.15) is 0 Å². The largest absolute Gasteiger partial charge is 0.297 e. The third kappa shape index (κ3) is 2.33. The number of rotatable bonds is 1. The fourth-order valence-corrected chi connectivity index (χ4v) is 2.97. The van der Waals surface area contributed by atoms with E-state index in [0.29, 0.717) is 5.78 Å². The lowest BCUT2D eigenvalue weighted by Crippen LogP contribution is -2.53. The van der Waals surface area contributed by atoms with Crippen LogP contribution in [0.3, 0.4) is 0 Å². The number of carbonyl (C=O) groups is 1. The van der Waals surface area contributed by atoms with Gasteiger partial charge in [0.05, 0.1) is 12.1 Å². The van der Waals surface area contributed by atoms with Crippen LogP contribution in [-0.4, -0.2) is 41.5 Å². The second kappa shape index (κ2) is 4.29. The van der Waals surface area contributed by atoms with E-state index in [9.17, 15) is 4.79 Å². The Labute approximate surface area is 110 Å². The maximum Gasteiger partial charge on any atom is 0.155 e. The summed E-state index contributed by atoms with van der Waals surface area (Å²) < 4.78 is 0. The molecule has 2 rings (SSSR count). The average Bonchev–Trinajstić information content (AvgIpc) is 2.71. The van der Waals surface area contributed by atoms with Crippen molar-refractivity contribution in [3.8, 4) is 0 Å². The molecule has 0 bridgehead atoms. The van der Waals surface area contributed by atoms with Crippen LogP contribution < -0.4 is 5.48 Å². The zero-order valence-corrected chi connectivity index (χ0v) is 12.4. The molecule has 0 radical (unpaired) electrons. The van der Waals surface area contributed by atoms with Crippen LogP contribution in [0.1, 0.15) is 41.5 Å². The number of likely N-dealkylation sites (tertiary alicyclic amines) is 1. The predicted molar refractivity (Wildman–Crippen MR) is 71.1 cm³/mol. The first-order chi connectivity index (χ1) is 8.12. The van der Waals surface area contributed by atoms with E-state index in [-0.39, 0.29) is 29.0 Å². The summed E-state index contributed by atoms with van der Waals surface area (Å²) in [6.07, 6.45) is 0.153. The minimum Gasteiger partial charge on any atom is -0.297 e. The Kier molecular flexibility index (Phi) is 3.33. The fraction of sp³-hybridized carbons (Fsp3) is 0.929. The molecular formula is C14H26N2O2. The van der Waals surface area contributed by atoms with Crippen LogP contribution >= 0.6 is 0 Å². The number of hydrogen-bond acceptors (Lipinski definition) is 4. The van der Waals surface area contributed by atoms with Gasteiger partial charge < -0.3 is 0 Å². The maximum atomic E-state index is 12.7. The molecule has 0 aromatic heterocycles. The third-order valence-corrected chi connectivity index (χ3v) is 4.02. The first-order valence-corrected chi connectivity index (χ1v) is 6.82. The third-order valence-electron chi connectivity index (χ3n) is 4.02. The standard InChI is InChI=1S/C14H26N2O2/c1-13(2,3)12(17)11-9-7-15-18-10(9)8-16(11)14(4,5)6/h9-11,15H,7-8H2,1-6H3. The van der Waals surface area contributed by atoms with E-state index in [1.807, 2.05) is 20.8 Å². The topological polar surface area (TPSA) is 41.6 Å². The molecule has 104 valence electrons. The van der Waals surface area contributed by atoms with Crippen molar-refractivity contribution in [3.05, 3.63) is 0 Å². The van der Waals surface area contributed by atoms with Gasteiger partial charge >= 0.3 is 0 Å². The molecule has 4 nitrogen and oxygen atoms in total. The Morgan fingerprint density at radius 2 is 1.83 bits per heavy atom. The average molecular weight is 254 g/mol. The number of nitrogens with zero attached hydrogens (tertiary/aromatic N) is 1. The smallest absolute Gasteiger partial charge is 0.155 e. The molecule has 3 unspecified atom stereocenters. The molecule has 3 atom stereocenters. The molecule has 0 amide bonds. The first kappa shape index (κ1) is 14.0. The molecule has 4 heteroatoms. The normalized spacial score (nSPS) is 33.8. The molecular weight excluding hydrogens is 228 g/mol. The zero-order valence-electron chi connectivity index (χ0n) is 12.4. The second-order valence-electron chi connectivity index (χ2n) is 7.55. The van der Waals surface area contributed by atoms with Gasteiger partial charge in [-0.05, 0) is 20.8 Å². The molecule has 2 aliphatic rings. The summed E-state index contributed by atoms with van der Waals surface area (Å²) in [4.78, 5) is 20.6. The van der Waals surface area contributed by atoms with Gasteiger partial charge in [0.2, 0.25) is 0 Å². The molecule has 0 aliphatic carbocycles. The van der Waals surface area contributed by atoms with Crippen molar-refractivity contribution in [2.75, 3.05) is 13.1 Å². The van der Waals surface area contributed by atoms with Crippen LogP contribution in [-0.2, 0) is 9.63 Å². The van der Waals surface area contributed by atoms with E-state index in [4.69, 9.17) is 4.84 Å². The van der Waals surface area contributed by atoms with Crippen molar-refractivity contribution < 1.29 is 9.63 Å². The highest BCUT2D eigenvalue weighted by atomic mass is 16.7. The highest BCUT2D eigenvalue weighted by molar-refractivity contribution is 5.89. The van der Waals surface area contributed by atoms with Gasteiger partial charge in [-0.3, -0.25) is 14.5 Å². The highest BCUT2D eigenvalue weighted by Gasteiger charge is 2.53. The van der Waals surface area contributed by atoms with Crippen LogP contribution in [0.4, 0.5) is 0 Å². The van der Waals surface area contributed by atoms with E-state index < -0.39 is 0 Å². The molecule has 0 aromatic carbocycles. The quantitative estimate of drug-likeness (QED) is 0.772. The first-order valence-electron chi connectivity index (χ1n) is 6.82. The summed E-state index contributed by atoms with van der Waals surface area (Å²) in [5.41, 5.74) is 2.65. The van der Waals surface area contributed by atoms with E-state index in [1.54, 1.807) is 0 Å². The molecule has 2 aliphatic heterocycles. The molecule has 18 heavy (non-hydrogen) atoms. The molecule has 2 saturated heterocycles. The van der Waals surface area contributed by atoms with Crippen molar-refractivity contribution in [2.45, 2.75) is 59.2 Å². The number of fused-ring (bicyclic) bond motifs is 1. The number of hydrogen-bond donors (Lipinski definition) is 1. The van der Waals surface area contributed by atoms with E-state index in [0.717, 1.165) is 13.1 Å². The number of Topliss-reactive ketones (excluding diaryl/α,β-unsaturated/α-hetero) is 1. The summed E-state index contributed by atoms with van der Waals surface area (Å²) in [6, 6.07) is -0.0231. The Morgan fingerprint density at radius 1 is 1.22 bits per heavy atom. The van der Waals surface area contributed by atoms with Gasteiger partial charge in [-0.1, -0.05) is 20.8 Å². The van der Waals surface area contributed by atoms with E-state index >= 15 is 0 Å². The Morgan fingerprint density at radius 3 is 2.33 bits per heavy atom. The van der Waals surface area contributed by atoms with Gasteiger partial charge in [-0.25, -0.2) is 5.48 Å². The monoisotopic (exact) mass is 254 g/mol. The van der Waals surface area contributed by atoms with Crippen molar-refractivity contribution in [2.24, 2.45) is 11.3 Å². The van der Waals surface area contributed by atoms with Crippen molar-refractivity contribution >= 4 is 5.78 Å².